The molecule has 0 saturated heterocycles. The summed E-state index contributed by atoms with van der Waals surface area (Å²) >= 11 is 0. The summed E-state index contributed by atoms with van der Waals surface area (Å²) in [4.78, 5) is 20.0. The molecule has 0 aliphatic heterocycles. The Hall–Kier alpha value is -1.18. The molecule has 0 spiro atoms. The zero-order chi connectivity index (χ0) is 9.14. The third kappa shape index (κ3) is 2.65. The quantitative estimate of drug-likeness (QED) is 0.513. The average Bonchev–Trinajstić information content (AvgIpc) is 2.04. The molecule has 0 radical (unpaired) electrons. The molecule has 0 aliphatic carbocycles. The molecule has 1 N–H and O–H groups in total. The van der Waals surface area contributed by atoms with Crippen LogP contribution < -0.4 is 0 Å². The molecule has 0 atom stereocenters. The van der Waals surface area contributed by atoms with E-state index in [4.69, 9.17) is 5.11 Å². The Morgan fingerprint density at radius 3 is 2.31 bits per heavy atom. The summed E-state index contributed by atoms with van der Waals surface area (Å²) in [5.41, 5.74) is -0.674. The second kappa shape index (κ2) is 4.75. The molecule has 0 unspecified atom stereocenters. The highest BCUT2D eigenvalue weighted by Crippen LogP contribution is 2.16. The van der Waals surface area contributed by atoms with Gasteiger partial charge in [0.05, 0.1) is 4.92 Å². The van der Waals surface area contributed by atoms with Crippen LogP contribution in [0.15, 0.2) is 24.3 Å². The minimum Gasteiger partial charge on any atom is -0.477 e. The molecule has 0 fully saturated rings. The molecule has 0 bridgehead atoms. The van der Waals surface area contributed by atoms with Crippen LogP contribution in [0.1, 0.15) is 10.4 Å². The number of para-hydroxylation sites is 1. The van der Waals surface area contributed by atoms with E-state index in [1.165, 1.54) is 18.2 Å². The maximum Gasteiger partial charge on any atom is 0.342 e. The zero-order valence-electron chi connectivity index (χ0n) is 6.34. The lowest BCUT2D eigenvalue weighted by Crippen LogP contribution is -2.01. The summed E-state index contributed by atoms with van der Waals surface area (Å²) < 4.78 is 0. The Balaban J connectivity index is 0.00000144. The van der Waals surface area contributed by atoms with E-state index in [0.717, 1.165) is 6.07 Å². The highest BCUT2D eigenvalue weighted by atomic mass is 127. The van der Waals surface area contributed by atoms with Gasteiger partial charge in [-0.25, -0.2) is 4.79 Å². The van der Waals surface area contributed by atoms with Gasteiger partial charge in [0.25, 0.3) is 5.69 Å². The molecule has 1 aromatic carbocycles. The van der Waals surface area contributed by atoms with Gasteiger partial charge in [-0.05, 0) is 6.07 Å². The highest BCUT2D eigenvalue weighted by molar-refractivity contribution is 14.0. The first-order chi connectivity index (χ1) is 5.63. The van der Waals surface area contributed by atoms with Crippen LogP contribution in [0.3, 0.4) is 0 Å². The van der Waals surface area contributed by atoms with Gasteiger partial charge in [0.1, 0.15) is 5.56 Å². The predicted molar refractivity (Wildman–Crippen MR) is 55.5 cm³/mol. The summed E-state index contributed by atoms with van der Waals surface area (Å²) in [5.74, 6) is -1.29. The van der Waals surface area contributed by atoms with Crippen LogP contribution in [-0.4, -0.2) is 16.0 Å². The van der Waals surface area contributed by atoms with Gasteiger partial charge in [-0.3, -0.25) is 10.1 Å². The van der Waals surface area contributed by atoms with Gasteiger partial charge in [0, 0.05) is 6.07 Å². The number of hydrogen-bond acceptors (Lipinski definition) is 3. The fourth-order valence-corrected chi connectivity index (χ4v) is 0.814. The monoisotopic (exact) mass is 295 g/mol. The van der Waals surface area contributed by atoms with Gasteiger partial charge in [0.15, 0.2) is 0 Å². The number of halogens is 1. The van der Waals surface area contributed by atoms with Crippen molar-refractivity contribution >= 4 is 35.6 Å². The van der Waals surface area contributed by atoms with Gasteiger partial charge in [-0.1, -0.05) is 12.1 Å². The lowest BCUT2D eigenvalue weighted by molar-refractivity contribution is -0.385. The van der Waals surface area contributed by atoms with Gasteiger partial charge in [0.2, 0.25) is 0 Å². The van der Waals surface area contributed by atoms with E-state index in [0.29, 0.717) is 0 Å². The SMILES string of the molecule is I.O=C(O)c1ccccc1[N+](=O)[O-]. The molecule has 1 aromatic rings. The molecule has 0 saturated carbocycles. The molecule has 13 heavy (non-hydrogen) atoms. The summed E-state index contributed by atoms with van der Waals surface area (Å²) in [6.45, 7) is 0. The number of hydrogen-bond donors (Lipinski definition) is 1. The van der Waals surface area contributed by atoms with Crippen molar-refractivity contribution in [2.75, 3.05) is 0 Å². The molecule has 0 heterocycles. The minimum atomic E-state index is -1.29. The number of nitro benzene ring substituents is 1. The number of carboxylic acids is 1. The topological polar surface area (TPSA) is 80.4 Å². The van der Waals surface area contributed by atoms with E-state index >= 15 is 0 Å². The minimum absolute atomic E-state index is 0. The maximum absolute atomic E-state index is 10.4. The summed E-state index contributed by atoms with van der Waals surface area (Å²) in [6.07, 6.45) is 0. The molecule has 70 valence electrons. The number of nitro groups is 1. The zero-order valence-corrected chi connectivity index (χ0v) is 8.67. The number of carbonyl (C=O) groups is 1. The molecule has 6 heteroatoms. The Morgan fingerprint density at radius 1 is 1.38 bits per heavy atom. The summed E-state index contributed by atoms with van der Waals surface area (Å²) in [6, 6.07) is 5.21. The average molecular weight is 295 g/mol. The Labute approximate surface area is 90.5 Å². The maximum atomic E-state index is 10.4. The van der Waals surface area contributed by atoms with Crippen molar-refractivity contribution in [1.82, 2.24) is 0 Å². The third-order valence-electron chi connectivity index (χ3n) is 1.33. The van der Waals surface area contributed by atoms with Crippen molar-refractivity contribution in [3.63, 3.8) is 0 Å². The first kappa shape index (κ1) is 11.8. The highest BCUT2D eigenvalue weighted by Gasteiger charge is 2.17. The van der Waals surface area contributed by atoms with Gasteiger partial charge in [-0.2, -0.15) is 0 Å². The standard InChI is InChI=1S/C7H5NO4.HI/c9-7(10)5-3-1-2-4-6(5)8(11)12;/h1-4H,(H,9,10);1H. The first-order valence-electron chi connectivity index (χ1n) is 3.09. The van der Waals surface area contributed by atoms with E-state index in [-0.39, 0.29) is 35.2 Å². The first-order valence-corrected chi connectivity index (χ1v) is 3.09. The molecule has 5 nitrogen and oxygen atoms in total. The number of carboxylic acid groups (broad SMARTS) is 1. The van der Waals surface area contributed by atoms with Crippen LogP contribution in [0.25, 0.3) is 0 Å². The lowest BCUT2D eigenvalue weighted by Gasteiger charge is -1.94. The van der Waals surface area contributed by atoms with E-state index in [9.17, 15) is 14.9 Å². The second-order valence-corrected chi connectivity index (χ2v) is 2.08. The largest absolute Gasteiger partial charge is 0.477 e. The lowest BCUT2D eigenvalue weighted by atomic mass is 10.2. The Morgan fingerprint density at radius 2 is 1.92 bits per heavy atom. The Bertz CT molecular complexity index is 306. The van der Waals surface area contributed by atoms with Crippen LogP contribution in [0, 0.1) is 10.1 Å². The summed E-state index contributed by atoms with van der Waals surface area (Å²) in [7, 11) is 0. The molecular formula is C7H6INO4. The number of aromatic carboxylic acids is 1. The van der Waals surface area contributed by atoms with Crippen molar-refractivity contribution in [2.45, 2.75) is 0 Å². The third-order valence-corrected chi connectivity index (χ3v) is 1.33. The van der Waals surface area contributed by atoms with Crippen LogP contribution in [-0.2, 0) is 0 Å². The smallest absolute Gasteiger partial charge is 0.342 e. The van der Waals surface area contributed by atoms with Crippen molar-refractivity contribution in [2.24, 2.45) is 0 Å². The van der Waals surface area contributed by atoms with Gasteiger partial charge < -0.3 is 5.11 Å². The fraction of sp³-hybridized carbons (Fsp3) is 0. The van der Waals surface area contributed by atoms with Crippen molar-refractivity contribution < 1.29 is 14.8 Å². The Kier molecular flexibility index (Phi) is 4.32. The molecule has 1 rings (SSSR count). The van der Waals surface area contributed by atoms with E-state index in [1.807, 2.05) is 0 Å². The van der Waals surface area contributed by atoms with Crippen LogP contribution in [0.5, 0.6) is 0 Å². The molecule has 0 aromatic heterocycles. The van der Waals surface area contributed by atoms with Gasteiger partial charge >= 0.3 is 5.97 Å². The van der Waals surface area contributed by atoms with Crippen LogP contribution in [0.4, 0.5) is 5.69 Å². The van der Waals surface area contributed by atoms with Crippen molar-refractivity contribution in [3.05, 3.63) is 39.9 Å². The van der Waals surface area contributed by atoms with Gasteiger partial charge in [-0.15, -0.1) is 24.0 Å². The van der Waals surface area contributed by atoms with Crippen LogP contribution in [0.2, 0.25) is 0 Å². The van der Waals surface area contributed by atoms with E-state index in [2.05, 4.69) is 0 Å². The number of benzene rings is 1. The van der Waals surface area contributed by atoms with E-state index < -0.39 is 10.9 Å². The fourth-order valence-electron chi connectivity index (χ4n) is 0.814. The van der Waals surface area contributed by atoms with Crippen LogP contribution >= 0.6 is 24.0 Å². The molecular weight excluding hydrogens is 289 g/mol. The number of nitrogens with zero attached hydrogens (tertiary/aromatic N) is 1. The summed E-state index contributed by atoms with van der Waals surface area (Å²) in [5, 5.41) is 18.8. The van der Waals surface area contributed by atoms with Crippen molar-refractivity contribution in [1.29, 1.82) is 0 Å². The number of rotatable bonds is 2. The van der Waals surface area contributed by atoms with E-state index in [1.54, 1.807) is 0 Å². The normalized spacial score (nSPS) is 8.62. The predicted octanol–water partition coefficient (Wildman–Crippen LogP) is 1.91. The molecule has 0 amide bonds. The van der Waals surface area contributed by atoms with Crippen molar-refractivity contribution in [3.8, 4) is 0 Å². The second-order valence-electron chi connectivity index (χ2n) is 2.08. The molecule has 0 aliphatic rings.